The standard InChI is InChI=1S/C23H23ClF3N7O2/c1-32(22(36)30-14-9-20(35)29-11-14)21(23(25,26)27)13-4-6-15(7-5-13)33-8-2-3-16-17(33)12-28-19-10-18(24)31-34(16)19/h4-7,10,12,14,21H,2-3,8-9,11H2,1H3,(H,29,35)(H,30,36)/t14-,21+/m1/s1. The first kappa shape index (κ1) is 24.2. The Bertz CT molecular complexity index is 1310. The molecule has 3 aromatic rings. The quantitative estimate of drug-likeness (QED) is 0.547. The van der Waals surface area contributed by atoms with E-state index in [0.29, 0.717) is 27.9 Å². The number of rotatable bonds is 4. The van der Waals surface area contributed by atoms with E-state index in [2.05, 4.69) is 20.7 Å². The largest absolute Gasteiger partial charge is 0.413 e. The Balaban J connectivity index is 1.40. The number of nitrogens with zero attached hydrogens (tertiary/aromatic N) is 5. The van der Waals surface area contributed by atoms with Crippen molar-refractivity contribution in [3.63, 3.8) is 0 Å². The number of hydrogen-bond donors (Lipinski definition) is 2. The second-order valence-electron chi connectivity index (χ2n) is 8.88. The molecule has 2 N–H and O–H groups in total. The normalized spacial score (nSPS) is 18.6. The Morgan fingerprint density at radius 3 is 2.72 bits per heavy atom. The number of halogens is 4. The first-order chi connectivity index (χ1) is 17.1. The van der Waals surface area contributed by atoms with Gasteiger partial charge in [0, 0.05) is 38.3 Å². The molecule has 0 aliphatic carbocycles. The van der Waals surface area contributed by atoms with E-state index in [1.165, 1.54) is 12.1 Å². The Morgan fingerprint density at radius 2 is 2.06 bits per heavy atom. The van der Waals surface area contributed by atoms with E-state index in [1.807, 2.05) is 4.90 Å². The first-order valence-corrected chi connectivity index (χ1v) is 11.8. The molecule has 0 spiro atoms. The summed E-state index contributed by atoms with van der Waals surface area (Å²) >= 11 is 6.04. The smallest absolute Gasteiger partial charge is 0.354 e. The zero-order valence-electron chi connectivity index (χ0n) is 19.2. The number of nitrogens with one attached hydrogen (secondary N) is 2. The van der Waals surface area contributed by atoms with E-state index in [1.54, 1.807) is 28.9 Å². The number of urea groups is 1. The highest BCUT2D eigenvalue weighted by Crippen LogP contribution is 2.39. The van der Waals surface area contributed by atoms with E-state index in [-0.39, 0.29) is 24.4 Å². The van der Waals surface area contributed by atoms with Crippen molar-refractivity contribution in [3.05, 3.63) is 52.9 Å². The van der Waals surface area contributed by atoms with Crippen LogP contribution in [0.5, 0.6) is 0 Å². The van der Waals surface area contributed by atoms with Crippen molar-refractivity contribution in [2.45, 2.75) is 37.5 Å². The van der Waals surface area contributed by atoms with Crippen molar-refractivity contribution < 1.29 is 22.8 Å². The zero-order chi connectivity index (χ0) is 25.6. The molecule has 2 atom stereocenters. The van der Waals surface area contributed by atoms with Crippen LogP contribution >= 0.6 is 11.6 Å². The molecule has 5 rings (SSSR count). The second kappa shape index (κ2) is 9.16. The van der Waals surface area contributed by atoms with Gasteiger partial charge in [0.25, 0.3) is 0 Å². The van der Waals surface area contributed by atoms with Gasteiger partial charge >= 0.3 is 12.2 Å². The molecule has 2 aromatic heterocycles. The molecule has 1 saturated heterocycles. The van der Waals surface area contributed by atoms with Gasteiger partial charge in [-0.15, -0.1) is 0 Å². The molecule has 0 saturated carbocycles. The SMILES string of the molecule is CN(C(=O)N[C@H]1CNC(=O)C1)[C@@H](c1ccc(N2CCCc3c2cnc2cc(Cl)nn32)cc1)C(F)(F)F. The Labute approximate surface area is 209 Å². The van der Waals surface area contributed by atoms with E-state index < -0.39 is 24.3 Å². The fourth-order valence-electron chi connectivity index (χ4n) is 4.77. The van der Waals surface area contributed by atoms with Gasteiger partial charge in [-0.2, -0.15) is 18.3 Å². The molecule has 0 unspecified atom stereocenters. The average molecular weight is 522 g/mol. The van der Waals surface area contributed by atoms with Crippen LogP contribution in [0, 0.1) is 0 Å². The summed E-state index contributed by atoms with van der Waals surface area (Å²) in [6.07, 6.45) is -1.37. The van der Waals surface area contributed by atoms with Crippen molar-refractivity contribution >= 4 is 40.6 Å². The highest BCUT2D eigenvalue weighted by molar-refractivity contribution is 6.29. The molecule has 2 aliphatic rings. The molecule has 0 radical (unpaired) electrons. The second-order valence-corrected chi connectivity index (χ2v) is 9.27. The van der Waals surface area contributed by atoms with E-state index in [9.17, 15) is 22.8 Å². The summed E-state index contributed by atoms with van der Waals surface area (Å²) in [4.78, 5) is 30.9. The number of aromatic nitrogens is 3. The number of benzene rings is 1. The summed E-state index contributed by atoms with van der Waals surface area (Å²) in [6.45, 7) is 0.848. The van der Waals surface area contributed by atoms with Crippen molar-refractivity contribution in [1.82, 2.24) is 30.1 Å². The summed E-state index contributed by atoms with van der Waals surface area (Å²) in [7, 11) is 1.10. The van der Waals surface area contributed by atoms with Crippen molar-refractivity contribution in [1.29, 1.82) is 0 Å². The van der Waals surface area contributed by atoms with Crippen LogP contribution in [0.2, 0.25) is 5.15 Å². The highest BCUT2D eigenvalue weighted by Gasteiger charge is 2.45. The zero-order valence-corrected chi connectivity index (χ0v) is 20.0. The number of aryl methyl sites for hydroxylation is 1. The van der Waals surface area contributed by atoms with Crippen LogP contribution in [0.1, 0.15) is 30.1 Å². The molecule has 190 valence electrons. The third-order valence-corrected chi connectivity index (χ3v) is 6.65. The monoisotopic (exact) mass is 521 g/mol. The molecule has 9 nitrogen and oxygen atoms in total. The molecule has 2 aliphatic heterocycles. The Kier molecular flexibility index (Phi) is 6.15. The molecular formula is C23H23ClF3N7O2. The van der Waals surface area contributed by atoms with Gasteiger partial charge in [-0.25, -0.2) is 14.3 Å². The minimum atomic E-state index is -4.70. The van der Waals surface area contributed by atoms with Gasteiger partial charge in [-0.1, -0.05) is 23.7 Å². The molecule has 0 bridgehead atoms. The molecule has 13 heteroatoms. The molecule has 1 aromatic carbocycles. The number of amides is 3. The maximum absolute atomic E-state index is 14.1. The third-order valence-electron chi connectivity index (χ3n) is 6.46. The number of fused-ring (bicyclic) bond motifs is 3. The number of carbonyl (C=O) groups excluding carboxylic acids is 2. The van der Waals surface area contributed by atoms with Crippen LogP contribution in [-0.4, -0.2) is 63.8 Å². The van der Waals surface area contributed by atoms with Gasteiger partial charge in [0.2, 0.25) is 5.91 Å². The van der Waals surface area contributed by atoms with Gasteiger partial charge < -0.3 is 20.4 Å². The number of alkyl halides is 3. The van der Waals surface area contributed by atoms with Crippen LogP contribution in [0.25, 0.3) is 5.65 Å². The maximum Gasteiger partial charge on any atom is 0.413 e. The van der Waals surface area contributed by atoms with Crippen molar-refractivity contribution in [2.24, 2.45) is 0 Å². The minimum absolute atomic E-state index is 0.0359. The number of carbonyl (C=O) groups is 2. The Morgan fingerprint density at radius 1 is 1.31 bits per heavy atom. The van der Waals surface area contributed by atoms with Gasteiger partial charge in [-0.3, -0.25) is 4.79 Å². The summed E-state index contributed by atoms with van der Waals surface area (Å²) < 4.78 is 43.9. The van der Waals surface area contributed by atoms with Crippen LogP contribution < -0.4 is 15.5 Å². The summed E-state index contributed by atoms with van der Waals surface area (Å²) in [6, 6.07) is 4.03. The predicted octanol–water partition coefficient (Wildman–Crippen LogP) is 3.60. The van der Waals surface area contributed by atoms with E-state index in [0.717, 1.165) is 31.3 Å². The van der Waals surface area contributed by atoms with Crippen LogP contribution in [-0.2, 0) is 11.2 Å². The predicted molar refractivity (Wildman–Crippen MR) is 126 cm³/mol. The lowest BCUT2D eigenvalue weighted by atomic mass is 10.0. The topological polar surface area (TPSA) is 94.9 Å². The fraction of sp³-hybridized carbons (Fsp3) is 0.391. The van der Waals surface area contributed by atoms with Gasteiger partial charge in [0.15, 0.2) is 16.8 Å². The van der Waals surface area contributed by atoms with Crippen molar-refractivity contribution in [2.75, 3.05) is 25.0 Å². The third kappa shape index (κ3) is 4.52. The lowest BCUT2D eigenvalue weighted by molar-refractivity contribution is -0.175. The summed E-state index contributed by atoms with van der Waals surface area (Å²) in [5, 5.41) is 9.67. The minimum Gasteiger partial charge on any atom is -0.354 e. The average Bonchev–Trinajstić information content (AvgIpc) is 3.42. The fourth-order valence-corrected chi connectivity index (χ4v) is 4.94. The number of anilines is 2. The molecular weight excluding hydrogens is 499 g/mol. The highest BCUT2D eigenvalue weighted by atomic mass is 35.5. The summed E-state index contributed by atoms with van der Waals surface area (Å²) in [5.74, 6) is -0.253. The molecule has 4 heterocycles. The molecule has 1 fully saturated rings. The molecule has 3 amide bonds. The van der Waals surface area contributed by atoms with Gasteiger partial charge in [0.05, 0.1) is 23.6 Å². The lowest BCUT2D eigenvalue weighted by Crippen LogP contribution is -2.48. The summed E-state index contributed by atoms with van der Waals surface area (Å²) in [5.41, 5.74) is 2.98. The maximum atomic E-state index is 14.1. The lowest BCUT2D eigenvalue weighted by Gasteiger charge is -2.33. The van der Waals surface area contributed by atoms with E-state index in [4.69, 9.17) is 11.6 Å². The first-order valence-electron chi connectivity index (χ1n) is 11.4. The van der Waals surface area contributed by atoms with Crippen LogP contribution in [0.3, 0.4) is 0 Å². The Hall–Kier alpha value is -3.54. The van der Waals surface area contributed by atoms with Gasteiger partial charge in [-0.05, 0) is 30.5 Å². The van der Waals surface area contributed by atoms with Gasteiger partial charge in [0.1, 0.15) is 0 Å². The number of hydrogen-bond acceptors (Lipinski definition) is 5. The van der Waals surface area contributed by atoms with E-state index >= 15 is 0 Å². The molecule has 36 heavy (non-hydrogen) atoms. The van der Waals surface area contributed by atoms with Crippen molar-refractivity contribution in [3.8, 4) is 0 Å². The van der Waals surface area contributed by atoms with Crippen LogP contribution in [0.4, 0.5) is 29.3 Å². The van der Waals surface area contributed by atoms with Crippen LogP contribution in [0.15, 0.2) is 36.5 Å².